The molecule has 0 saturated carbocycles. The van der Waals surface area contributed by atoms with E-state index in [9.17, 15) is 0 Å². The summed E-state index contributed by atoms with van der Waals surface area (Å²) in [5.41, 5.74) is 6.18. The molecule has 0 spiro atoms. The second-order valence-electron chi connectivity index (χ2n) is 9.70. The van der Waals surface area contributed by atoms with E-state index in [1.165, 1.54) is 84.3 Å². The second kappa shape index (κ2) is 11.5. The zero-order valence-electron chi connectivity index (χ0n) is 19.9. The molecule has 0 saturated heterocycles. The number of hydrogen-bond acceptors (Lipinski definition) is 0. The SMILES string of the molecule is CCCC[C@H](CC)CC1(C[C@@H](CC)CCCC)c2cc(Br)ccc2-c2ccc(Br)cc21. The van der Waals surface area contributed by atoms with E-state index in [2.05, 4.69) is 96.0 Å². The summed E-state index contributed by atoms with van der Waals surface area (Å²) in [7, 11) is 0. The van der Waals surface area contributed by atoms with Crippen LogP contribution in [0, 0.1) is 11.8 Å². The fourth-order valence-corrected chi connectivity index (χ4v) is 6.56. The van der Waals surface area contributed by atoms with Gasteiger partial charge in [-0.05, 0) is 71.2 Å². The summed E-state index contributed by atoms with van der Waals surface area (Å²) in [6.45, 7) is 9.46. The van der Waals surface area contributed by atoms with Crippen molar-refractivity contribution < 1.29 is 0 Å². The van der Waals surface area contributed by atoms with E-state index in [4.69, 9.17) is 0 Å². The van der Waals surface area contributed by atoms with Crippen LogP contribution in [0.2, 0.25) is 0 Å². The molecule has 2 atom stereocenters. The van der Waals surface area contributed by atoms with Crippen LogP contribution in [-0.4, -0.2) is 0 Å². The summed E-state index contributed by atoms with van der Waals surface area (Å²) in [6.07, 6.45) is 13.1. The molecule has 2 heteroatoms. The van der Waals surface area contributed by atoms with Crippen LogP contribution >= 0.6 is 31.9 Å². The molecule has 0 fully saturated rings. The fraction of sp³-hybridized carbons (Fsp3) is 0.586. The van der Waals surface area contributed by atoms with Gasteiger partial charge in [0.1, 0.15) is 0 Å². The van der Waals surface area contributed by atoms with Crippen LogP contribution in [0.3, 0.4) is 0 Å². The molecule has 3 rings (SSSR count). The van der Waals surface area contributed by atoms with Gasteiger partial charge >= 0.3 is 0 Å². The summed E-state index contributed by atoms with van der Waals surface area (Å²) >= 11 is 7.63. The Hall–Kier alpha value is -0.600. The number of unbranched alkanes of at least 4 members (excludes halogenated alkanes) is 2. The Balaban J connectivity index is 2.16. The lowest BCUT2D eigenvalue weighted by Gasteiger charge is -2.38. The van der Waals surface area contributed by atoms with Gasteiger partial charge < -0.3 is 0 Å². The third-order valence-corrected chi connectivity index (χ3v) is 8.63. The van der Waals surface area contributed by atoms with Gasteiger partial charge in [-0.3, -0.25) is 0 Å². The fourth-order valence-electron chi connectivity index (χ4n) is 5.84. The third-order valence-electron chi connectivity index (χ3n) is 7.65. The Kier molecular flexibility index (Phi) is 9.29. The van der Waals surface area contributed by atoms with Crippen molar-refractivity contribution in [2.45, 2.75) is 97.3 Å². The highest BCUT2D eigenvalue weighted by Crippen LogP contribution is 2.57. The van der Waals surface area contributed by atoms with Crippen molar-refractivity contribution in [3.8, 4) is 11.1 Å². The maximum Gasteiger partial charge on any atom is 0.0221 e. The molecule has 31 heavy (non-hydrogen) atoms. The first-order chi connectivity index (χ1) is 15.0. The lowest BCUT2D eigenvalue weighted by molar-refractivity contribution is 0.266. The second-order valence-corrected chi connectivity index (χ2v) is 11.5. The van der Waals surface area contributed by atoms with Gasteiger partial charge in [-0.15, -0.1) is 0 Å². The maximum atomic E-state index is 3.82. The molecule has 0 nitrogen and oxygen atoms in total. The van der Waals surface area contributed by atoms with Crippen LogP contribution in [0.4, 0.5) is 0 Å². The van der Waals surface area contributed by atoms with Gasteiger partial charge in [0, 0.05) is 14.4 Å². The van der Waals surface area contributed by atoms with Crippen LogP contribution in [0.5, 0.6) is 0 Å². The Morgan fingerprint density at radius 3 is 1.45 bits per heavy atom. The predicted molar refractivity (Wildman–Crippen MR) is 144 cm³/mol. The van der Waals surface area contributed by atoms with Crippen LogP contribution in [0.1, 0.15) is 103 Å². The van der Waals surface area contributed by atoms with Gasteiger partial charge in [0.15, 0.2) is 0 Å². The molecule has 1 aliphatic carbocycles. The number of halogens is 2. The van der Waals surface area contributed by atoms with E-state index < -0.39 is 0 Å². The van der Waals surface area contributed by atoms with Crippen LogP contribution in [-0.2, 0) is 5.41 Å². The number of benzene rings is 2. The van der Waals surface area contributed by atoms with Gasteiger partial charge in [0.05, 0.1) is 0 Å². The summed E-state index contributed by atoms with van der Waals surface area (Å²) in [5.74, 6) is 1.56. The van der Waals surface area contributed by atoms with Crippen molar-refractivity contribution in [3.05, 3.63) is 56.5 Å². The molecule has 170 valence electrons. The predicted octanol–water partition coefficient (Wildman–Crippen LogP) is 10.7. The zero-order valence-corrected chi connectivity index (χ0v) is 23.1. The van der Waals surface area contributed by atoms with E-state index in [0.29, 0.717) is 0 Å². The Morgan fingerprint density at radius 2 is 1.10 bits per heavy atom. The quantitative estimate of drug-likeness (QED) is 0.248. The minimum atomic E-state index is 0.126. The molecule has 0 amide bonds. The van der Waals surface area contributed by atoms with E-state index in [1.54, 1.807) is 11.1 Å². The normalized spacial score (nSPS) is 16.1. The first-order valence-corrected chi connectivity index (χ1v) is 14.2. The molecule has 0 bridgehead atoms. The molecule has 0 heterocycles. The van der Waals surface area contributed by atoms with Crippen molar-refractivity contribution in [2.24, 2.45) is 11.8 Å². The Bertz CT molecular complexity index is 782. The molecule has 0 aromatic heterocycles. The van der Waals surface area contributed by atoms with Crippen LogP contribution in [0.25, 0.3) is 11.1 Å². The van der Waals surface area contributed by atoms with Gasteiger partial charge in [-0.2, -0.15) is 0 Å². The van der Waals surface area contributed by atoms with Crippen LogP contribution < -0.4 is 0 Å². The van der Waals surface area contributed by atoms with Crippen molar-refractivity contribution >= 4 is 31.9 Å². The van der Waals surface area contributed by atoms with E-state index >= 15 is 0 Å². The number of rotatable bonds is 12. The van der Waals surface area contributed by atoms with Gasteiger partial charge in [0.25, 0.3) is 0 Å². The first kappa shape index (κ1) is 25.0. The molecule has 2 aromatic carbocycles. The average Bonchev–Trinajstić information content (AvgIpc) is 3.02. The summed E-state index contributed by atoms with van der Waals surface area (Å²) in [6, 6.07) is 14.1. The summed E-state index contributed by atoms with van der Waals surface area (Å²) < 4.78 is 2.43. The Morgan fingerprint density at radius 1 is 0.677 bits per heavy atom. The smallest absolute Gasteiger partial charge is 0.0221 e. The highest BCUT2D eigenvalue weighted by Gasteiger charge is 2.45. The van der Waals surface area contributed by atoms with Gasteiger partial charge in [-0.1, -0.05) is 123 Å². The zero-order chi connectivity index (χ0) is 22.4. The summed E-state index contributed by atoms with van der Waals surface area (Å²) in [5, 5.41) is 0. The van der Waals surface area contributed by atoms with Crippen molar-refractivity contribution in [2.75, 3.05) is 0 Å². The summed E-state index contributed by atoms with van der Waals surface area (Å²) in [4.78, 5) is 0. The first-order valence-electron chi connectivity index (χ1n) is 12.6. The molecule has 1 aliphatic rings. The van der Waals surface area contributed by atoms with Crippen LogP contribution in [0.15, 0.2) is 45.3 Å². The molecule has 2 aromatic rings. The highest BCUT2D eigenvalue weighted by molar-refractivity contribution is 9.10. The molecule has 0 N–H and O–H groups in total. The Labute approximate surface area is 207 Å². The van der Waals surface area contributed by atoms with Gasteiger partial charge in [0.2, 0.25) is 0 Å². The van der Waals surface area contributed by atoms with Crippen molar-refractivity contribution in [3.63, 3.8) is 0 Å². The third kappa shape index (κ3) is 5.49. The van der Waals surface area contributed by atoms with E-state index in [-0.39, 0.29) is 5.41 Å². The largest absolute Gasteiger partial charge is 0.0654 e. The maximum absolute atomic E-state index is 3.82. The molecule has 0 aliphatic heterocycles. The van der Waals surface area contributed by atoms with E-state index in [1.807, 2.05) is 0 Å². The molecular formula is C29H40Br2. The van der Waals surface area contributed by atoms with Gasteiger partial charge in [-0.25, -0.2) is 0 Å². The standard InChI is InChI=1S/C29H40Br2/c1-5-9-11-21(7-3)19-29(20-22(8-4)12-10-6-2)27-17-23(30)13-15-25(27)26-16-14-24(31)18-28(26)29/h13-18,21-22H,5-12,19-20H2,1-4H3/t21-,22-/m0/s1. The number of hydrogen-bond donors (Lipinski definition) is 0. The molecule has 0 unspecified atom stereocenters. The minimum absolute atomic E-state index is 0.126. The number of fused-ring (bicyclic) bond motifs is 3. The van der Waals surface area contributed by atoms with Crippen molar-refractivity contribution in [1.29, 1.82) is 0 Å². The topological polar surface area (TPSA) is 0 Å². The van der Waals surface area contributed by atoms with Crippen molar-refractivity contribution in [1.82, 2.24) is 0 Å². The molecular weight excluding hydrogens is 508 g/mol. The monoisotopic (exact) mass is 546 g/mol. The lowest BCUT2D eigenvalue weighted by Crippen LogP contribution is -2.31. The lowest BCUT2D eigenvalue weighted by atomic mass is 9.65. The van der Waals surface area contributed by atoms with E-state index in [0.717, 1.165) is 11.8 Å². The average molecular weight is 548 g/mol. The highest BCUT2D eigenvalue weighted by atomic mass is 79.9. The molecule has 0 radical (unpaired) electrons. The minimum Gasteiger partial charge on any atom is -0.0654 e.